The maximum atomic E-state index is 11.5. The molecular formula is C15H16N2O2S. The van der Waals surface area contributed by atoms with Crippen LogP contribution >= 0.6 is 11.8 Å². The van der Waals surface area contributed by atoms with Gasteiger partial charge in [0.25, 0.3) is 0 Å². The van der Waals surface area contributed by atoms with Crippen molar-refractivity contribution < 1.29 is 9.53 Å². The van der Waals surface area contributed by atoms with Gasteiger partial charge in [-0.3, -0.25) is 0 Å². The van der Waals surface area contributed by atoms with Crippen molar-refractivity contribution in [3.8, 4) is 0 Å². The van der Waals surface area contributed by atoms with Gasteiger partial charge in [0.05, 0.1) is 12.6 Å². The maximum absolute atomic E-state index is 11.5. The number of carbonyl (C=O) groups is 1. The highest BCUT2D eigenvalue weighted by molar-refractivity contribution is 7.99. The first-order chi connectivity index (χ1) is 9.76. The van der Waals surface area contributed by atoms with Crippen molar-refractivity contribution >= 4 is 28.6 Å². The Morgan fingerprint density at radius 1 is 1.35 bits per heavy atom. The first kappa shape index (κ1) is 14.5. The van der Waals surface area contributed by atoms with E-state index in [1.165, 1.54) is 7.11 Å². The standard InChI is InChI=1S/C15H16N2O2S/c1-3-11(15(18)19-2)8-9-20-14-12-6-4-5-7-13(12)16-10-17-14/h4-8,10H,3,9H2,1-2H3. The molecule has 0 bridgehead atoms. The quantitative estimate of drug-likeness (QED) is 0.366. The molecule has 0 saturated heterocycles. The molecule has 1 aromatic carbocycles. The van der Waals surface area contributed by atoms with Gasteiger partial charge in [0.1, 0.15) is 11.4 Å². The molecule has 2 aromatic rings. The largest absolute Gasteiger partial charge is 0.466 e. The van der Waals surface area contributed by atoms with Crippen molar-refractivity contribution in [2.45, 2.75) is 18.4 Å². The molecular weight excluding hydrogens is 272 g/mol. The first-order valence-corrected chi connectivity index (χ1v) is 7.34. The number of ether oxygens (including phenoxy) is 1. The molecule has 0 unspecified atom stereocenters. The van der Waals surface area contributed by atoms with Crippen molar-refractivity contribution in [2.75, 3.05) is 12.9 Å². The fraction of sp³-hybridized carbons (Fsp3) is 0.267. The zero-order chi connectivity index (χ0) is 14.4. The number of nitrogens with zero attached hydrogens (tertiary/aromatic N) is 2. The van der Waals surface area contributed by atoms with E-state index in [4.69, 9.17) is 4.74 Å². The number of carbonyl (C=O) groups excluding carboxylic acids is 1. The molecule has 2 rings (SSSR count). The van der Waals surface area contributed by atoms with Crippen molar-refractivity contribution in [1.82, 2.24) is 9.97 Å². The van der Waals surface area contributed by atoms with Crippen LogP contribution in [0, 0.1) is 0 Å². The van der Waals surface area contributed by atoms with E-state index in [1.807, 2.05) is 37.3 Å². The third kappa shape index (κ3) is 3.36. The van der Waals surface area contributed by atoms with Crippen molar-refractivity contribution in [3.05, 3.63) is 42.2 Å². The molecule has 1 aromatic heterocycles. The Balaban J connectivity index is 2.13. The molecule has 0 atom stereocenters. The van der Waals surface area contributed by atoms with E-state index in [1.54, 1.807) is 18.1 Å². The Kier molecular flexibility index (Phi) is 5.12. The average molecular weight is 288 g/mol. The monoisotopic (exact) mass is 288 g/mol. The molecule has 0 aliphatic rings. The van der Waals surface area contributed by atoms with Crippen molar-refractivity contribution in [3.63, 3.8) is 0 Å². The minimum atomic E-state index is -0.263. The second kappa shape index (κ2) is 7.05. The lowest BCUT2D eigenvalue weighted by molar-refractivity contribution is -0.136. The molecule has 0 saturated carbocycles. The number of hydrogen-bond donors (Lipinski definition) is 0. The first-order valence-electron chi connectivity index (χ1n) is 6.36. The fourth-order valence-corrected chi connectivity index (χ4v) is 2.71. The van der Waals surface area contributed by atoms with Crippen LogP contribution in [0.2, 0.25) is 0 Å². The predicted molar refractivity (Wildman–Crippen MR) is 80.7 cm³/mol. The summed E-state index contributed by atoms with van der Waals surface area (Å²) in [6.07, 6.45) is 4.13. The number of para-hydroxylation sites is 1. The van der Waals surface area contributed by atoms with Gasteiger partial charge in [0.15, 0.2) is 0 Å². The van der Waals surface area contributed by atoms with Crippen LogP contribution in [-0.2, 0) is 9.53 Å². The van der Waals surface area contributed by atoms with Gasteiger partial charge in [-0.05, 0) is 12.5 Å². The van der Waals surface area contributed by atoms with Crippen molar-refractivity contribution in [1.29, 1.82) is 0 Å². The SMILES string of the molecule is CCC(=CCSc1ncnc2ccccc12)C(=O)OC. The average Bonchev–Trinajstić information content (AvgIpc) is 2.51. The van der Waals surface area contributed by atoms with Gasteiger partial charge in [-0.25, -0.2) is 14.8 Å². The van der Waals surface area contributed by atoms with E-state index in [9.17, 15) is 4.79 Å². The zero-order valence-corrected chi connectivity index (χ0v) is 12.3. The lowest BCUT2D eigenvalue weighted by Crippen LogP contribution is -2.04. The van der Waals surface area contributed by atoms with Gasteiger partial charge in [-0.2, -0.15) is 0 Å². The molecule has 0 N–H and O–H groups in total. The predicted octanol–water partition coefficient (Wildman–Crippen LogP) is 3.23. The van der Waals surface area contributed by atoms with Crippen LogP contribution in [0.1, 0.15) is 13.3 Å². The van der Waals surface area contributed by atoms with Crippen LogP contribution in [0.3, 0.4) is 0 Å². The summed E-state index contributed by atoms with van der Waals surface area (Å²) in [4.78, 5) is 20.0. The number of hydrogen-bond acceptors (Lipinski definition) is 5. The summed E-state index contributed by atoms with van der Waals surface area (Å²) in [6.45, 7) is 1.94. The van der Waals surface area contributed by atoms with E-state index in [0.29, 0.717) is 17.7 Å². The number of benzene rings is 1. The van der Waals surface area contributed by atoms with Crippen LogP contribution in [0.5, 0.6) is 0 Å². The van der Waals surface area contributed by atoms with Crippen molar-refractivity contribution in [2.24, 2.45) is 0 Å². The number of fused-ring (bicyclic) bond motifs is 1. The summed E-state index contributed by atoms with van der Waals surface area (Å²) >= 11 is 1.59. The summed E-state index contributed by atoms with van der Waals surface area (Å²) < 4.78 is 4.73. The molecule has 0 fully saturated rings. The highest BCUT2D eigenvalue weighted by Gasteiger charge is 2.07. The van der Waals surface area contributed by atoms with Crippen LogP contribution in [0.25, 0.3) is 10.9 Å². The van der Waals surface area contributed by atoms with Crippen LogP contribution in [0.4, 0.5) is 0 Å². The summed E-state index contributed by atoms with van der Waals surface area (Å²) in [5.41, 5.74) is 1.62. The molecule has 0 spiro atoms. The van der Waals surface area contributed by atoms with Crippen LogP contribution < -0.4 is 0 Å². The maximum Gasteiger partial charge on any atom is 0.333 e. The number of methoxy groups -OCH3 is 1. The van der Waals surface area contributed by atoms with Crippen LogP contribution in [0.15, 0.2) is 47.3 Å². The molecule has 104 valence electrons. The van der Waals surface area contributed by atoms with Crippen LogP contribution in [-0.4, -0.2) is 28.8 Å². The van der Waals surface area contributed by atoms with E-state index < -0.39 is 0 Å². The summed E-state index contributed by atoms with van der Waals surface area (Å²) in [5, 5.41) is 1.96. The van der Waals surface area contributed by atoms with E-state index in [-0.39, 0.29) is 5.97 Å². The van der Waals surface area contributed by atoms with E-state index in [2.05, 4.69) is 9.97 Å². The lowest BCUT2D eigenvalue weighted by atomic mass is 10.2. The molecule has 5 heteroatoms. The van der Waals surface area contributed by atoms with E-state index >= 15 is 0 Å². The van der Waals surface area contributed by atoms with Gasteiger partial charge in [0, 0.05) is 16.7 Å². The molecule has 20 heavy (non-hydrogen) atoms. The smallest absolute Gasteiger partial charge is 0.333 e. The Hall–Kier alpha value is -1.88. The Labute approximate surface area is 122 Å². The minimum Gasteiger partial charge on any atom is -0.466 e. The summed E-state index contributed by atoms with van der Waals surface area (Å²) in [5.74, 6) is 0.417. The molecule has 4 nitrogen and oxygen atoms in total. The number of rotatable bonds is 5. The zero-order valence-electron chi connectivity index (χ0n) is 11.5. The normalized spacial score (nSPS) is 11.6. The summed E-state index contributed by atoms with van der Waals surface area (Å²) in [7, 11) is 1.40. The molecule has 0 amide bonds. The van der Waals surface area contributed by atoms with E-state index in [0.717, 1.165) is 15.9 Å². The highest BCUT2D eigenvalue weighted by Crippen LogP contribution is 2.24. The Morgan fingerprint density at radius 2 is 2.15 bits per heavy atom. The molecule has 0 radical (unpaired) electrons. The number of thioether (sulfide) groups is 1. The molecule has 1 heterocycles. The summed E-state index contributed by atoms with van der Waals surface area (Å²) in [6, 6.07) is 7.89. The second-order valence-corrected chi connectivity index (χ2v) is 5.09. The minimum absolute atomic E-state index is 0.263. The molecule has 0 aliphatic carbocycles. The third-order valence-corrected chi connectivity index (χ3v) is 3.82. The second-order valence-electron chi connectivity index (χ2n) is 4.08. The number of aromatic nitrogens is 2. The van der Waals surface area contributed by atoms with Gasteiger partial charge in [-0.15, -0.1) is 11.8 Å². The Bertz CT molecular complexity index is 635. The third-order valence-electron chi connectivity index (χ3n) is 2.88. The topological polar surface area (TPSA) is 52.1 Å². The highest BCUT2D eigenvalue weighted by atomic mass is 32.2. The Morgan fingerprint density at radius 3 is 2.90 bits per heavy atom. The number of esters is 1. The fourth-order valence-electron chi connectivity index (χ4n) is 1.82. The van der Waals surface area contributed by atoms with Gasteiger partial charge < -0.3 is 4.74 Å². The van der Waals surface area contributed by atoms with Gasteiger partial charge in [0.2, 0.25) is 0 Å². The molecule has 0 aliphatic heterocycles. The van der Waals surface area contributed by atoms with Gasteiger partial charge in [-0.1, -0.05) is 31.2 Å². The van der Waals surface area contributed by atoms with Gasteiger partial charge >= 0.3 is 5.97 Å². The lowest BCUT2D eigenvalue weighted by Gasteiger charge is -2.04.